The van der Waals surface area contributed by atoms with Gasteiger partial charge in [-0.05, 0) is 24.1 Å². The second kappa shape index (κ2) is 12.7. The summed E-state index contributed by atoms with van der Waals surface area (Å²) in [4.78, 5) is 53.4. The average molecular weight is 609 g/mol. The summed E-state index contributed by atoms with van der Waals surface area (Å²) in [6, 6.07) is 6.32. The van der Waals surface area contributed by atoms with Crippen LogP contribution in [-0.2, 0) is 22.6 Å². The van der Waals surface area contributed by atoms with Crippen LogP contribution >= 0.6 is 11.3 Å². The van der Waals surface area contributed by atoms with Gasteiger partial charge in [0.25, 0.3) is 0 Å². The topological polar surface area (TPSA) is 102 Å². The van der Waals surface area contributed by atoms with Crippen LogP contribution in [0.25, 0.3) is 16.5 Å². The van der Waals surface area contributed by atoms with E-state index in [2.05, 4.69) is 4.98 Å². The normalized spacial score (nSPS) is 14.0. The zero-order valence-electron chi connectivity index (χ0n) is 25.0. The fourth-order valence-electron chi connectivity index (χ4n) is 4.96. The molecular formula is C31H37FN6O4S. The maximum atomic E-state index is 13.6. The Labute approximate surface area is 253 Å². The minimum atomic E-state index is -0.467. The molecule has 5 rings (SSSR count). The van der Waals surface area contributed by atoms with Gasteiger partial charge in [0.1, 0.15) is 17.4 Å². The minimum absolute atomic E-state index is 0.000673. The number of halogens is 1. The van der Waals surface area contributed by atoms with Crippen molar-refractivity contribution in [1.82, 2.24) is 28.7 Å². The van der Waals surface area contributed by atoms with Crippen molar-refractivity contribution in [2.24, 2.45) is 5.41 Å². The van der Waals surface area contributed by atoms with E-state index in [1.807, 2.05) is 27.7 Å². The van der Waals surface area contributed by atoms with Gasteiger partial charge in [-0.15, -0.1) is 11.3 Å². The molecule has 1 aromatic carbocycles. The third kappa shape index (κ3) is 6.79. The molecule has 0 spiro atoms. The molecule has 10 nitrogen and oxygen atoms in total. The molecule has 2 amide bonds. The van der Waals surface area contributed by atoms with Crippen molar-refractivity contribution < 1.29 is 18.7 Å². The first-order valence-electron chi connectivity index (χ1n) is 14.6. The maximum absolute atomic E-state index is 13.6. The van der Waals surface area contributed by atoms with Gasteiger partial charge >= 0.3 is 5.56 Å². The van der Waals surface area contributed by atoms with E-state index in [1.54, 1.807) is 45.1 Å². The fourth-order valence-corrected chi connectivity index (χ4v) is 5.89. The fraction of sp³-hybridized carbons (Fsp3) is 0.452. The van der Waals surface area contributed by atoms with E-state index in [1.165, 1.54) is 27.9 Å². The smallest absolute Gasteiger partial charge is 0.302 e. The number of aromatic nitrogens is 4. The predicted octanol–water partition coefficient (Wildman–Crippen LogP) is 4.25. The van der Waals surface area contributed by atoms with Crippen LogP contribution < -0.4 is 10.3 Å². The first-order chi connectivity index (χ1) is 20.5. The number of thiazole rings is 1. The van der Waals surface area contributed by atoms with Gasteiger partial charge in [-0.1, -0.05) is 46.2 Å². The Hall–Kier alpha value is -4.06. The number of benzene rings is 1. The molecule has 1 aliphatic heterocycles. The largest absolute Gasteiger partial charge is 0.486 e. The zero-order chi connectivity index (χ0) is 30.7. The molecule has 0 unspecified atom stereocenters. The number of hydrogen-bond acceptors (Lipinski definition) is 7. The van der Waals surface area contributed by atoms with Crippen LogP contribution in [0.2, 0.25) is 0 Å². The standard InChI is InChI=1S/C31H37FN6O4S/c1-5-6-17-42-26-25(27-33-19-23(43-27)18-21-7-9-22(32)10-8-21)34-30-37(15-16-38(30)28(26)40)20-24(39)35-11-13-36(14-12-35)29(41)31(2,3)4/h7-10,15-16,19H,5-6,11-14,17-18,20H2,1-4H3. The number of nitrogens with zero attached hydrogens (tertiary/aromatic N) is 6. The first-order valence-corrected chi connectivity index (χ1v) is 15.4. The number of piperazine rings is 1. The van der Waals surface area contributed by atoms with Crippen molar-refractivity contribution in [3.8, 4) is 16.5 Å². The molecule has 4 aromatic rings. The molecule has 43 heavy (non-hydrogen) atoms. The van der Waals surface area contributed by atoms with Crippen molar-refractivity contribution in [3.63, 3.8) is 0 Å². The summed E-state index contributed by atoms with van der Waals surface area (Å²) in [5.74, 6) is 0.105. The van der Waals surface area contributed by atoms with E-state index >= 15 is 0 Å². The van der Waals surface area contributed by atoms with Gasteiger partial charge in [-0.2, -0.15) is 0 Å². The summed E-state index contributed by atoms with van der Waals surface area (Å²) in [5.41, 5.74) is 0.436. The van der Waals surface area contributed by atoms with Gasteiger partial charge < -0.3 is 19.1 Å². The van der Waals surface area contributed by atoms with Crippen LogP contribution in [0.4, 0.5) is 4.39 Å². The third-order valence-corrected chi connectivity index (χ3v) is 8.37. The summed E-state index contributed by atoms with van der Waals surface area (Å²) >= 11 is 1.39. The minimum Gasteiger partial charge on any atom is -0.486 e. The average Bonchev–Trinajstić information content (AvgIpc) is 3.61. The highest BCUT2D eigenvalue weighted by Crippen LogP contribution is 2.31. The quantitative estimate of drug-likeness (QED) is 0.264. The van der Waals surface area contributed by atoms with E-state index in [9.17, 15) is 18.8 Å². The molecule has 1 aliphatic rings. The van der Waals surface area contributed by atoms with Crippen molar-refractivity contribution in [2.45, 2.75) is 53.5 Å². The van der Waals surface area contributed by atoms with Crippen LogP contribution in [0, 0.1) is 11.2 Å². The molecule has 0 N–H and O–H groups in total. The number of carbonyl (C=O) groups is 2. The van der Waals surface area contributed by atoms with E-state index in [0.29, 0.717) is 55.7 Å². The Kier molecular flexibility index (Phi) is 8.95. The lowest BCUT2D eigenvalue weighted by Crippen LogP contribution is -2.53. The summed E-state index contributed by atoms with van der Waals surface area (Å²) < 4.78 is 22.4. The molecule has 0 atom stereocenters. The van der Waals surface area contributed by atoms with Gasteiger partial charge in [-0.25, -0.2) is 18.8 Å². The molecule has 228 valence electrons. The number of rotatable bonds is 9. The van der Waals surface area contributed by atoms with Gasteiger partial charge in [0.05, 0.1) is 6.61 Å². The summed E-state index contributed by atoms with van der Waals surface area (Å²) in [5, 5.41) is 0.530. The number of fused-ring (bicyclic) bond motifs is 1. The highest BCUT2D eigenvalue weighted by molar-refractivity contribution is 7.15. The first kappa shape index (κ1) is 30.4. The molecule has 4 heterocycles. The van der Waals surface area contributed by atoms with Gasteiger partial charge in [0, 0.05) is 61.5 Å². The Morgan fingerprint density at radius 3 is 2.42 bits per heavy atom. The predicted molar refractivity (Wildman–Crippen MR) is 163 cm³/mol. The number of amides is 2. The second-order valence-corrected chi connectivity index (χ2v) is 12.9. The van der Waals surface area contributed by atoms with Crippen LogP contribution in [0.5, 0.6) is 5.75 Å². The molecule has 1 saturated heterocycles. The monoisotopic (exact) mass is 608 g/mol. The molecule has 0 aliphatic carbocycles. The zero-order valence-corrected chi connectivity index (χ0v) is 25.8. The van der Waals surface area contributed by atoms with Crippen LogP contribution in [0.3, 0.4) is 0 Å². The van der Waals surface area contributed by atoms with Crippen LogP contribution in [-0.4, -0.2) is 73.3 Å². The summed E-state index contributed by atoms with van der Waals surface area (Å²) in [6.45, 7) is 9.96. The molecule has 1 fully saturated rings. The number of hydrogen-bond donors (Lipinski definition) is 0. The maximum Gasteiger partial charge on any atom is 0.302 e. The van der Waals surface area contributed by atoms with Crippen molar-refractivity contribution in [2.75, 3.05) is 32.8 Å². The highest BCUT2D eigenvalue weighted by atomic mass is 32.1. The molecule has 0 saturated carbocycles. The molecule has 3 aromatic heterocycles. The van der Waals surface area contributed by atoms with Crippen LogP contribution in [0.1, 0.15) is 51.0 Å². The van der Waals surface area contributed by atoms with Gasteiger partial charge in [0.15, 0.2) is 5.69 Å². The highest BCUT2D eigenvalue weighted by Gasteiger charge is 2.31. The molecule has 0 radical (unpaired) electrons. The molecular weight excluding hydrogens is 571 g/mol. The van der Waals surface area contributed by atoms with E-state index in [-0.39, 0.29) is 35.5 Å². The van der Waals surface area contributed by atoms with Gasteiger partial charge in [0.2, 0.25) is 23.3 Å². The Bertz CT molecular complexity index is 1660. The molecule has 12 heteroatoms. The lowest BCUT2D eigenvalue weighted by atomic mass is 9.94. The molecule has 0 bridgehead atoms. The Morgan fingerprint density at radius 2 is 1.74 bits per heavy atom. The van der Waals surface area contributed by atoms with Crippen molar-refractivity contribution in [3.05, 3.63) is 69.5 Å². The van der Waals surface area contributed by atoms with Crippen LogP contribution in [0.15, 0.2) is 47.7 Å². The summed E-state index contributed by atoms with van der Waals surface area (Å²) in [6.07, 6.45) is 7.24. The van der Waals surface area contributed by atoms with Gasteiger partial charge in [-0.3, -0.25) is 14.4 Å². The number of unbranched alkanes of at least 4 members (excludes halogenated alkanes) is 1. The van der Waals surface area contributed by atoms with Crippen molar-refractivity contribution in [1.29, 1.82) is 0 Å². The van der Waals surface area contributed by atoms with E-state index < -0.39 is 5.41 Å². The Balaban J connectivity index is 1.40. The summed E-state index contributed by atoms with van der Waals surface area (Å²) in [7, 11) is 0. The SMILES string of the molecule is CCCCOc1c(-c2ncc(Cc3ccc(F)cc3)s2)nc2n(CC(=O)N3CCN(C(=O)C(C)(C)C)CC3)ccn2c1=O. The van der Waals surface area contributed by atoms with Crippen molar-refractivity contribution >= 4 is 28.9 Å². The second-order valence-electron chi connectivity index (χ2n) is 11.8. The lowest BCUT2D eigenvalue weighted by molar-refractivity contribution is -0.145. The third-order valence-electron chi connectivity index (χ3n) is 7.37. The van der Waals surface area contributed by atoms with E-state index in [0.717, 1.165) is 23.3 Å². The number of ether oxygens (including phenoxy) is 1. The number of imidazole rings is 1. The van der Waals surface area contributed by atoms with E-state index in [4.69, 9.17) is 9.72 Å². The Morgan fingerprint density at radius 1 is 1.05 bits per heavy atom. The number of carbonyl (C=O) groups excluding carboxylic acids is 2. The lowest BCUT2D eigenvalue weighted by Gasteiger charge is -2.37.